The van der Waals surface area contributed by atoms with E-state index in [-0.39, 0.29) is 23.1 Å². The van der Waals surface area contributed by atoms with Gasteiger partial charge in [-0.05, 0) is 140 Å². The van der Waals surface area contributed by atoms with Gasteiger partial charge in [-0.2, -0.15) is 0 Å². The van der Waals surface area contributed by atoms with E-state index in [1.807, 2.05) is 102 Å². The quantitative estimate of drug-likeness (QED) is 0.149. The third kappa shape index (κ3) is 8.04. The number of imidazole rings is 1. The van der Waals surface area contributed by atoms with Crippen molar-refractivity contribution in [2.75, 3.05) is 0 Å². The van der Waals surface area contributed by atoms with E-state index in [0.29, 0.717) is 28.1 Å². The van der Waals surface area contributed by atoms with Crippen LogP contribution in [0.3, 0.4) is 0 Å². The zero-order chi connectivity index (χ0) is 47.1. The monoisotopic (exact) mass is 844 g/mol. The Kier molecular flexibility index (Phi) is 10.1. The first-order chi connectivity index (χ1) is 32.9. The van der Waals surface area contributed by atoms with Crippen LogP contribution in [0.1, 0.15) is 60.3 Å². The topological polar surface area (TPSA) is 50.9 Å². The fraction of sp³-hybridized carbons (Fsp3) is 0.115. The molecule has 0 radical (unpaired) electrons. The summed E-state index contributed by atoms with van der Waals surface area (Å²) in [6.07, 6.45) is 1.87. The van der Waals surface area contributed by atoms with Crippen LogP contribution in [0.4, 0.5) is 0 Å². The maximum absolute atomic E-state index is 12.2. The first kappa shape index (κ1) is 37.7. The molecule has 65 heavy (non-hydrogen) atoms. The molecule has 0 aliphatic carbocycles. The number of hydrogen-bond acceptors (Lipinski definition) is 3. The van der Waals surface area contributed by atoms with Crippen molar-refractivity contribution in [2.45, 2.75) is 46.4 Å². The number of fused-ring (bicyclic) bond motifs is 1. The van der Waals surface area contributed by atoms with E-state index in [9.17, 15) is 5.11 Å². The molecule has 0 fully saturated rings. The van der Waals surface area contributed by atoms with Crippen molar-refractivity contribution in [1.82, 2.24) is 14.5 Å². The molecule has 10 aromatic rings. The van der Waals surface area contributed by atoms with E-state index in [1.165, 1.54) is 5.56 Å². The Morgan fingerprint density at radius 2 is 1.05 bits per heavy atom. The molecule has 4 heteroatoms. The Morgan fingerprint density at radius 3 is 1.69 bits per heavy atom. The standard InChI is InChI=1S/C61H51N3O/c1-39(2)49-36-54(40(3)4)60(65)55(37-49)61-63-59-53(22-15-23-58(59)64(61)57-29-28-47(32-41(57)5)43-18-11-7-12-19-43)51-33-50(44-20-13-8-14-21-44)34-52(35-51)56-38-48(30-31-62-56)46-26-24-45(25-27-46)42-16-9-6-10-17-42/h6-40,65H,1-5H3/i5D3. The van der Waals surface area contributed by atoms with Gasteiger partial charge in [0.15, 0.2) is 0 Å². The summed E-state index contributed by atoms with van der Waals surface area (Å²) in [6.45, 7) is 5.94. The van der Waals surface area contributed by atoms with Crippen LogP contribution >= 0.6 is 0 Å². The third-order valence-electron chi connectivity index (χ3n) is 12.5. The summed E-state index contributed by atoms with van der Waals surface area (Å²) in [5, 5.41) is 12.2. The van der Waals surface area contributed by atoms with Crippen LogP contribution in [-0.2, 0) is 0 Å². The van der Waals surface area contributed by atoms with Crippen molar-refractivity contribution in [3.63, 3.8) is 0 Å². The highest BCUT2D eigenvalue weighted by Crippen LogP contribution is 2.44. The second kappa shape index (κ2) is 17.4. The summed E-state index contributed by atoms with van der Waals surface area (Å²) in [6, 6.07) is 65.7. The summed E-state index contributed by atoms with van der Waals surface area (Å²) in [5.41, 5.74) is 16.2. The first-order valence-electron chi connectivity index (χ1n) is 23.8. The summed E-state index contributed by atoms with van der Waals surface area (Å²) >= 11 is 0. The van der Waals surface area contributed by atoms with Crippen LogP contribution in [-0.4, -0.2) is 19.6 Å². The number of pyridine rings is 1. The highest BCUT2D eigenvalue weighted by Gasteiger charge is 2.24. The number of aryl methyl sites for hydroxylation is 1. The molecule has 0 bridgehead atoms. The summed E-state index contributed by atoms with van der Waals surface area (Å²) in [4.78, 5) is 10.4. The van der Waals surface area contributed by atoms with Gasteiger partial charge in [0.25, 0.3) is 0 Å². The van der Waals surface area contributed by atoms with Gasteiger partial charge in [-0.15, -0.1) is 0 Å². The lowest BCUT2D eigenvalue weighted by molar-refractivity contribution is 0.466. The molecule has 0 saturated carbocycles. The predicted octanol–water partition coefficient (Wildman–Crippen LogP) is 16.4. The van der Waals surface area contributed by atoms with Crippen molar-refractivity contribution >= 4 is 11.0 Å². The van der Waals surface area contributed by atoms with Gasteiger partial charge in [-0.3, -0.25) is 9.55 Å². The van der Waals surface area contributed by atoms with Gasteiger partial charge in [-0.25, -0.2) is 4.98 Å². The number of phenols is 1. The summed E-state index contributed by atoms with van der Waals surface area (Å²) in [5.74, 6) is 0.763. The van der Waals surface area contributed by atoms with Crippen LogP contribution in [0.2, 0.25) is 0 Å². The number of para-hydroxylation sites is 1. The zero-order valence-electron chi connectivity index (χ0n) is 40.0. The molecule has 8 aromatic carbocycles. The minimum atomic E-state index is -2.49. The van der Waals surface area contributed by atoms with Gasteiger partial charge in [0, 0.05) is 21.4 Å². The minimum Gasteiger partial charge on any atom is -0.507 e. The molecule has 0 saturated heterocycles. The average molecular weight is 845 g/mol. The van der Waals surface area contributed by atoms with Gasteiger partial charge in [0.1, 0.15) is 11.6 Å². The molecule has 0 atom stereocenters. The number of benzene rings is 8. The van der Waals surface area contributed by atoms with Crippen LogP contribution in [0.15, 0.2) is 200 Å². The Balaban J connectivity index is 1.20. The van der Waals surface area contributed by atoms with E-state index in [0.717, 1.165) is 72.5 Å². The van der Waals surface area contributed by atoms with E-state index in [4.69, 9.17) is 14.1 Å². The number of aromatic hydroxyl groups is 1. The SMILES string of the molecule is [2H]C([2H])([2H])c1cc(-c2ccccc2)ccc1-n1c(-c2cc(C(C)C)cc(C(C)C)c2O)nc2c(-c3cc(-c4ccccc4)cc(-c4cc(-c5ccc(-c6ccccc6)cc5)ccn4)c3)cccc21. The lowest BCUT2D eigenvalue weighted by Gasteiger charge is -2.19. The van der Waals surface area contributed by atoms with Gasteiger partial charge in [0.05, 0.1) is 28.0 Å². The second-order valence-corrected chi connectivity index (χ2v) is 17.4. The molecule has 0 aliphatic heterocycles. The number of phenolic OH excluding ortho intramolecular Hbond substituents is 1. The van der Waals surface area contributed by atoms with Crippen molar-refractivity contribution in [1.29, 1.82) is 0 Å². The average Bonchev–Trinajstić information content (AvgIpc) is 3.76. The number of hydrogen-bond donors (Lipinski definition) is 1. The van der Waals surface area contributed by atoms with Crippen LogP contribution in [0, 0.1) is 6.85 Å². The first-order valence-corrected chi connectivity index (χ1v) is 22.3. The molecule has 10 rings (SSSR count). The van der Waals surface area contributed by atoms with Crippen molar-refractivity contribution in [3.05, 3.63) is 217 Å². The van der Waals surface area contributed by atoms with Gasteiger partial charge in [-0.1, -0.05) is 167 Å². The van der Waals surface area contributed by atoms with E-state index in [2.05, 4.69) is 125 Å². The molecule has 4 nitrogen and oxygen atoms in total. The molecule has 2 aromatic heterocycles. The third-order valence-corrected chi connectivity index (χ3v) is 12.5. The van der Waals surface area contributed by atoms with E-state index in [1.54, 1.807) is 6.07 Å². The molecular weight excluding hydrogens is 791 g/mol. The highest BCUT2D eigenvalue weighted by molar-refractivity contribution is 5.98. The molecule has 316 valence electrons. The molecule has 0 amide bonds. The Labute approximate surface area is 386 Å². The van der Waals surface area contributed by atoms with E-state index < -0.39 is 6.85 Å². The van der Waals surface area contributed by atoms with E-state index >= 15 is 0 Å². The normalized spacial score (nSPS) is 12.4. The molecule has 1 N–H and O–H groups in total. The molecule has 0 spiro atoms. The summed E-state index contributed by atoms with van der Waals surface area (Å²) in [7, 11) is 0. The fourth-order valence-electron chi connectivity index (χ4n) is 8.90. The lowest BCUT2D eigenvalue weighted by atomic mass is 9.91. The lowest BCUT2D eigenvalue weighted by Crippen LogP contribution is -2.03. The van der Waals surface area contributed by atoms with Gasteiger partial charge >= 0.3 is 0 Å². The molecular formula is C61H51N3O. The predicted molar refractivity (Wildman–Crippen MR) is 271 cm³/mol. The minimum absolute atomic E-state index is 0.0174. The largest absolute Gasteiger partial charge is 0.507 e. The number of nitrogens with zero attached hydrogens (tertiary/aromatic N) is 3. The van der Waals surface area contributed by atoms with Crippen LogP contribution in [0.5, 0.6) is 5.75 Å². The summed E-state index contributed by atoms with van der Waals surface area (Å²) < 4.78 is 28.7. The smallest absolute Gasteiger partial charge is 0.149 e. The number of rotatable bonds is 10. The molecule has 0 aliphatic rings. The van der Waals surface area contributed by atoms with Crippen molar-refractivity contribution in [2.24, 2.45) is 0 Å². The van der Waals surface area contributed by atoms with Crippen LogP contribution in [0.25, 0.3) is 95.0 Å². The van der Waals surface area contributed by atoms with Crippen LogP contribution < -0.4 is 0 Å². The maximum atomic E-state index is 12.2. The van der Waals surface area contributed by atoms with Gasteiger partial charge < -0.3 is 5.11 Å². The number of aromatic nitrogens is 3. The van der Waals surface area contributed by atoms with Crippen molar-refractivity contribution in [3.8, 4) is 89.7 Å². The Hall–Kier alpha value is -7.82. The molecule has 2 heterocycles. The van der Waals surface area contributed by atoms with Gasteiger partial charge in [0.2, 0.25) is 0 Å². The Morgan fingerprint density at radius 1 is 0.477 bits per heavy atom. The second-order valence-electron chi connectivity index (χ2n) is 17.4. The Bertz CT molecular complexity index is 3430. The fourth-order valence-corrected chi connectivity index (χ4v) is 8.90. The maximum Gasteiger partial charge on any atom is 0.149 e. The highest BCUT2D eigenvalue weighted by atomic mass is 16.3. The molecule has 0 unspecified atom stereocenters. The van der Waals surface area contributed by atoms with Crippen molar-refractivity contribution < 1.29 is 9.22 Å². The zero-order valence-corrected chi connectivity index (χ0v) is 37.0.